The van der Waals surface area contributed by atoms with E-state index >= 15 is 0 Å². The van der Waals surface area contributed by atoms with E-state index in [-0.39, 0.29) is 23.2 Å². The van der Waals surface area contributed by atoms with Gasteiger partial charge in [0.25, 0.3) is 0 Å². The van der Waals surface area contributed by atoms with Gasteiger partial charge in [0.1, 0.15) is 5.52 Å². The normalized spacial score (nSPS) is 15.2. The van der Waals surface area contributed by atoms with Crippen LogP contribution in [-0.4, -0.2) is 33.4 Å². The number of carbonyl (C=O) groups is 1. The van der Waals surface area contributed by atoms with E-state index < -0.39 is 0 Å². The van der Waals surface area contributed by atoms with Crippen LogP contribution in [0.1, 0.15) is 19.3 Å². The van der Waals surface area contributed by atoms with Gasteiger partial charge in [0.2, 0.25) is 11.9 Å². The zero-order valence-corrected chi connectivity index (χ0v) is 11.2. The average Bonchev–Trinajstić information content (AvgIpc) is 3.05. The number of aryl methyl sites for hydroxylation is 1. The molecule has 0 aliphatic carbocycles. The molecule has 1 fully saturated rings. The molecule has 1 aromatic heterocycles. The number of hydrogen-bond acceptors (Lipinski definition) is 3. The van der Waals surface area contributed by atoms with E-state index in [1.54, 1.807) is 16.7 Å². The van der Waals surface area contributed by atoms with E-state index in [2.05, 4.69) is 4.98 Å². The maximum absolute atomic E-state index is 13.6. The summed E-state index contributed by atoms with van der Waals surface area (Å²) in [6.07, 6.45) is 2.52. The quantitative estimate of drug-likeness (QED) is 0.929. The van der Waals surface area contributed by atoms with E-state index in [0.717, 1.165) is 25.9 Å². The fraction of sp³-hybridized carbons (Fsp3) is 0.429. The minimum absolute atomic E-state index is 0.125. The van der Waals surface area contributed by atoms with Gasteiger partial charge in [-0.05, 0) is 25.0 Å². The number of likely N-dealkylation sites (tertiary alicyclic amines) is 1. The number of nitrogens with two attached hydrogens (primary N) is 1. The van der Waals surface area contributed by atoms with Crippen LogP contribution in [0.5, 0.6) is 0 Å². The van der Waals surface area contributed by atoms with E-state index in [1.807, 2.05) is 4.90 Å². The highest BCUT2D eigenvalue weighted by Crippen LogP contribution is 2.21. The van der Waals surface area contributed by atoms with E-state index in [4.69, 9.17) is 5.73 Å². The molecule has 2 N–H and O–H groups in total. The van der Waals surface area contributed by atoms with Crippen molar-refractivity contribution in [3.05, 3.63) is 24.0 Å². The monoisotopic (exact) mass is 276 g/mol. The fourth-order valence-electron chi connectivity index (χ4n) is 2.70. The second-order valence-corrected chi connectivity index (χ2v) is 5.07. The lowest BCUT2D eigenvalue weighted by Gasteiger charge is -2.15. The first-order valence-electron chi connectivity index (χ1n) is 6.85. The highest BCUT2D eigenvalue weighted by Gasteiger charge is 2.18. The van der Waals surface area contributed by atoms with Crippen LogP contribution in [0.4, 0.5) is 10.3 Å². The molecular weight excluding hydrogens is 259 g/mol. The standard InChI is InChI=1S/C14H17FN4O/c15-10-4-3-5-11-13(10)17-14(16)19(11)9-6-12(20)18-7-1-2-8-18/h3-5H,1-2,6-9H2,(H2,16,17). The number of anilines is 1. The van der Waals surface area contributed by atoms with Crippen molar-refractivity contribution in [2.24, 2.45) is 0 Å². The van der Waals surface area contributed by atoms with Crippen LogP contribution in [0.2, 0.25) is 0 Å². The van der Waals surface area contributed by atoms with E-state index in [0.29, 0.717) is 18.5 Å². The topological polar surface area (TPSA) is 64.1 Å². The molecule has 1 aromatic carbocycles. The maximum Gasteiger partial charge on any atom is 0.224 e. The number of nitrogen functional groups attached to an aromatic ring is 1. The third-order valence-electron chi connectivity index (χ3n) is 3.77. The molecule has 1 amide bonds. The SMILES string of the molecule is Nc1nc2c(F)cccc2n1CCC(=O)N1CCCC1. The van der Waals surface area contributed by atoms with Gasteiger partial charge < -0.3 is 15.2 Å². The number of benzene rings is 1. The minimum atomic E-state index is -0.390. The number of rotatable bonds is 3. The Morgan fingerprint density at radius 1 is 1.35 bits per heavy atom. The van der Waals surface area contributed by atoms with Crippen molar-refractivity contribution in [3.63, 3.8) is 0 Å². The molecule has 106 valence electrons. The first-order chi connectivity index (χ1) is 9.66. The third kappa shape index (κ3) is 2.21. The molecule has 0 bridgehead atoms. The summed E-state index contributed by atoms with van der Waals surface area (Å²) in [7, 11) is 0. The van der Waals surface area contributed by atoms with Gasteiger partial charge in [0.15, 0.2) is 5.82 Å². The Balaban J connectivity index is 1.79. The van der Waals surface area contributed by atoms with Crippen LogP contribution in [0.15, 0.2) is 18.2 Å². The van der Waals surface area contributed by atoms with Crippen molar-refractivity contribution >= 4 is 22.9 Å². The molecule has 0 atom stereocenters. The molecule has 0 radical (unpaired) electrons. The summed E-state index contributed by atoms with van der Waals surface area (Å²) in [5.41, 5.74) is 6.72. The van der Waals surface area contributed by atoms with Crippen LogP contribution in [0, 0.1) is 5.82 Å². The van der Waals surface area contributed by atoms with Gasteiger partial charge >= 0.3 is 0 Å². The molecule has 0 spiro atoms. The highest BCUT2D eigenvalue weighted by molar-refractivity contribution is 5.80. The first-order valence-corrected chi connectivity index (χ1v) is 6.85. The molecule has 2 heterocycles. The Hall–Kier alpha value is -2.11. The lowest BCUT2D eigenvalue weighted by Crippen LogP contribution is -2.28. The van der Waals surface area contributed by atoms with Crippen molar-refractivity contribution in [3.8, 4) is 0 Å². The van der Waals surface area contributed by atoms with Gasteiger partial charge in [-0.15, -0.1) is 0 Å². The Kier molecular flexibility index (Phi) is 3.30. The Bertz CT molecular complexity index is 646. The zero-order valence-electron chi connectivity index (χ0n) is 11.2. The molecule has 3 rings (SSSR count). The van der Waals surface area contributed by atoms with Gasteiger partial charge in [-0.3, -0.25) is 4.79 Å². The average molecular weight is 276 g/mol. The van der Waals surface area contributed by atoms with Gasteiger partial charge in [-0.25, -0.2) is 9.37 Å². The van der Waals surface area contributed by atoms with Crippen LogP contribution >= 0.6 is 0 Å². The number of aromatic nitrogens is 2. The molecule has 1 saturated heterocycles. The summed E-state index contributed by atoms with van der Waals surface area (Å²) >= 11 is 0. The second kappa shape index (κ2) is 5.11. The molecule has 1 aliphatic rings. The zero-order chi connectivity index (χ0) is 14.1. The summed E-state index contributed by atoms with van der Waals surface area (Å²) in [6, 6.07) is 4.74. The van der Waals surface area contributed by atoms with E-state index in [1.165, 1.54) is 6.07 Å². The smallest absolute Gasteiger partial charge is 0.224 e. The molecule has 6 heteroatoms. The Labute approximate surface area is 116 Å². The molecule has 0 unspecified atom stereocenters. The number of amides is 1. The largest absolute Gasteiger partial charge is 0.369 e. The van der Waals surface area contributed by atoms with Crippen molar-refractivity contribution in [2.75, 3.05) is 18.8 Å². The fourth-order valence-corrected chi connectivity index (χ4v) is 2.70. The Morgan fingerprint density at radius 2 is 2.10 bits per heavy atom. The van der Waals surface area contributed by atoms with Crippen molar-refractivity contribution in [2.45, 2.75) is 25.8 Å². The number of fused-ring (bicyclic) bond motifs is 1. The highest BCUT2D eigenvalue weighted by atomic mass is 19.1. The van der Waals surface area contributed by atoms with Crippen molar-refractivity contribution in [1.82, 2.24) is 14.5 Å². The number of imidazole rings is 1. The van der Waals surface area contributed by atoms with Gasteiger partial charge in [0, 0.05) is 26.1 Å². The lowest BCUT2D eigenvalue weighted by molar-refractivity contribution is -0.130. The molecule has 5 nitrogen and oxygen atoms in total. The van der Waals surface area contributed by atoms with E-state index in [9.17, 15) is 9.18 Å². The minimum Gasteiger partial charge on any atom is -0.369 e. The van der Waals surface area contributed by atoms with Crippen LogP contribution < -0.4 is 5.73 Å². The summed E-state index contributed by atoms with van der Waals surface area (Å²) < 4.78 is 15.3. The van der Waals surface area contributed by atoms with Crippen LogP contribution in [0.3, 0.4) is 0 Å². The number of hydrogen-bond donors (Lipinski definition) is 1. The van der Waals surface area contributed by atoms with Crippen LogP contribution in [0.25, 0.3) is 11.0 Å². The number of halogens is 1. The number of carbonyl (C=O) groups excluding carboxylic acids is 1. The lowest BCUT2D eigenvalue weighted by atomic mass is 10.3. The first kappa shape index (κ1) is 12.9. The van der Waals surface area contributed by atoms with Crippen molar-refractivity contribution in [1.29, 1.82) is 0 Å². The number of nitrogens with zero attached hydrogens (tertiary/aromatic N) is 3. The molecular formula is C14H17FN4O. The second-order valence-electron chi connectivity index (χ2n) is 5.07. The van der Waals surface area contributed by atoms with Gasteiger partial charge in [-0.2, -0.15) is 0 Å². The summed E-state index contributed by atoms with van der Waals surface area (Å²) in [5, 5.41) is 0. The van der Waals surface area contributed by atoms with Gasteiger partial charge in [0.05, 0.1) is 5.52 Å². The predicted octanol–water partition coefficient (Wildman–Crippen LogP) is 1.77. The molecule has 1 aliphatic heterocycles. The molecule has 0 saturated carbocycles. The predicted molar refractivity (Wildman–Crippen MR) is 74.5 cm³/mol. The maximum atomic E-state index is 13.6. The summed E-state index contributed by atoms with van der Waals surface area (Å²) in [4.78, 5) is 17.9. The Morgan fingerprint density at radius 3 is 2.85 bits per heavy atom. The summed E-state index contributed by atoms with van der Waals surface area (Å²) in [5.74, 6) is -0.0155. The van der Waals surface area contributed by atoms with Crippen LogP contribution in [-0.2, 0) is 11.3 Å². The third-order valence-corrected chi connectivity index (χ3v) is 3.77. The van der Waals surface area contributed by atoms with Crippen molar-refractivity contribution < 1.29 is 9.18 Å². The number of para-hydroxylation sites is 1. The summed E-state index contributed by atoms with van der Waals surface area (Å²) in [6.45, 7) is 2.11. The molecule has 2 aromatic rings. The van der Waals surface area contributed by atoms with Gasteiger partial charge in [-0.1, -0.05) is 6.07 Å². The molecule has 20 heavy (non-hydrogen) atoms.